The number of aliphatic imine (C=N–C) groups is 1. The summed E-state index contributed by atoms with van der Waals surface area (Å²) in [6, 6.07) is 5.43. The van der Waals surface area contributed by atoms with Crippen LogP contribution in [0.4, 0.5) is 9.18 Å². The largest absolute Gasteiger partial charge is 0.450 e. The number of hydrogen-bond acceptors (Lipinski definition) is 3. The maximum atomic E-state index is 13.8. The molecule has 6 nitrogen and oxygen atoms in total. The molecule has 1 saturated heterocycles. The van der Waals surface area contributed by atoms with Crippen molar-refractivity contribution in [1.29, 1.82) is 0 Å². The lowest BCUT2D eigenvalue weighted by Gasteiger charge is -2.32. The molecule has 1 aliphatic rings. The lowest BCUT2D eigenvalue weighted by Crippen LogP contribution is -2.50. The van der Waals surface area contributed by atoms with Gasteiger partial charge in [0.2, 0.25) is 0 Å². The predicted octanol–water partition coefficient (Wildman–Crippen LogP) is 3.92. The van der Waals surface area contributed by atoms with E-state index in [0.29, 0.717) is 38.2 Å². The first-order chi connectivity index (χ1) is 13.0. The number of nitrogens with one attached hydrogen (secondary N) is 2. The molecule has 158 valence electrons. The molecular weight excluding hydrogens is 542 g/mol. The van der Waals surface area contributed by atoms with Gasteiger partial charge in [0.25, 0.3) is 0 Å². The number of piperidine rings is 1. The summed E-state index contributed by atoms with van der Waals surface area (Å²) in [4.78, 5) is 17.7. The third-order valence-electron chi connectivity index (χ3n) is 4.52. The standard InChI is InChI=1S/C19H28BrFN4O2.HI/c1-3-27-19(26)25-11-8-16(9-12-25)24-18(22-2)23-10-4-5-14-6-7-15(20)13-17(14)21;/h6-7,13,16H,3-5,8-12H2,1-2H3,(H2,22,23,24);1H. The number of aryl methyl sites for hydroxylation is 1. The molecule has 0 radical (unpaired) electrons. The zero-order valence-electron chi connectivity index (χ0n) is 16.3. The average molecular weight is 571 g/mol. The molecular formula is C19H29BrFIN4O2. The van der Waals surface area contributed by atoms with Crippen molar-refractivity contribution in [2.45, 2.75) is 38.6 Å². The fourth-order valence-electron chi connectivity index (χ4n) is 3.02. The zero-order valence-corrected chi connectivity index (χ0v) is 20.3. The average Bonchev–Trinajstić information content (AvgIpc) is 2.66. The van der Waals surface area contributed by atoms with Crippen LogP contribution in [0.5, 0.6) is 0 Å². The Morgan fingerprint density at radius 3 is 2.71 bits per heavy atom. The lowest BCUT2D eigenvalue weighted by molar-refractivity contribution is 0.0963. The highest BCUT2D eigenvalue weighted by Gasteiger charge is 2.23. The fraction of sp³-hybridized carbons (Fsp3) is 0.579. The second-order valence-electron chi connectivity index (χ2n) is 6.44. The van der Waals surface area contributed by atoms with Gasteiger partial charge < -0.3 is 20.3 Å². The van der Waals surface area contributed by atoms with Crippen molar-refractivity contribution < 1.29 is 13.9 Å². The zero-order chi connectivity index (χ0) is 19.6. The third kappa shape index (κ3) is 8.10. The van der Waals surface area contributed by atoms with Crippen molar-refractivity contribution in [1.82, 2.24) is 15.5 Å². The molecule has 1 aromatic rings. The van der Waals surface area contributed by atoms with Crippen LogP contribution in [0.3, 0.4) is 0 Å². The monoisotopic (exact) mass is 570 g/mol. The Hall–Kier alpha value is -1.10. The van der Waals surface area contributed by atoms with Crippen molar-refractivity contribution in [3.05, 3.63) is 34.1 Å². The molecule has 1 heterocycles. The molecule has 0 unspecified atom stereocenters. The summed E-state index contributed by atoms with van der Waals surface area (Å²) in [5, 5.41) is 6.67. The summed E-state index contributed by atoms with van der Waals surface area (Å²) in [5.74, 6) is 0.557. The van der Waals surface area contributed by atoms with E-state index in [9.17, 15) is 9.18 Å². The highest BCUT2D eigenvalue weighted by molar-refractivity contribution is 14.0. The number of rotatable bonds is 6. The molecule has 1 aromatic carbocycles. The van der Waals surface area contributed by atoms with E-state index in [1.807, 2.05) is 19.1 Å². The Morgan fingerprint density at radius 1 is 1.39 bits per heavy atom. The molecule has 0 aliphatic carbocycles. The normalized spacial score (nSPS) is 15.0. The SMILES string of the molecule is CCOC(=O)N1CCC(NC(=NC)NCCCc2ccc(Br)cc2F)CC1.I. The maximum Gasteiger partial charge on any atom is 0.409 e. The quantitative estimate of drug-likeness (QED) is 0.235. The highest BCUT2D eigenvalue weighted by Crippen LogP contribution is 2.16. The van der Waals surface area contributed by atoms with E-state index in [1.54, 1.807) is 11.9 Å². The van der Waals surface area contributed by atoms with Gasteiger partial charge in [-0.05, 0) is 50.3 Å². The minimum atomic E-state index is -0.237. The van der Waals surface area contributed by atoms with Gasteiger partial charge >= 0.3 is 6.09 Å². The molecule has 2 rings (SSSR count). The van der Waals surface area contributed by atoms with Crippen molar-refractivity contribution in [3.8, 4) is 0 Å². The molecule has 0 spiro atoms. The van der Waals surface area contributed by atoms with E-state index >= 15 is 0 Å². The Balaban J connectivity index is 0.00000392. The second-order valence-corrected chi connectivity index (χ2v) is 7.36. The Labute approximate surface area is 191 Å². The molecule has 0 saturated carbocycles. The van der Waals surface area contributed by atoms with Crippen molar-refractivity contribution >= 4 is 52.0 Å². The Morgan fingerprint density at radius 2 is 2.11 bits per heavy atom. The molecule has 0 aromatic heterocycles. The summed E-state index contributed by atoms with van der Waals surface area (Å²) in [7, 11) is 1.73. The highest BCUT2D eigenvalue weighted by atomic mass is 127. The number of carbonyl (C=O) groups excluding carboxylic acids is 1. The Kier molecular flexibility index (Phi) is 11.7. The predicted molar refractivity (Wildman–Crippen MR) is 124 cm³/mol. The molecule has 28 heavy (non-hydrogen) atoms. The third-order valence-corrected chi connectivity index (χ3v) is 5.01. The number of benzene rings is 1. The number of carbonyl (C=O) groups is 1. The van der Waals surface area contributed by atoms with Gasteiger partial charge in [0.15, 0.2) is 5.96 Å². The summed E-state index contributed by atoms with van der Waals surface area (Å²) in [6.07, 6.45) is 2.94. The van der Waals surface area contributed by atoms with E-state index < -0.39 is 0 Å². The maximum absolute atomic E-state index is 13.8. The van der Waals surface area contributed by atoms with Crippen LogP contribution in [0.25, 0.3) is 0 Å². The van der Waals surface area contributed by atoms with Crippen LogP contribution in [-0.2, 0) is 11.2 Å². The number of nitrogens with zero attached hydrogens (tertiary/aromatic N) is 2. The van der Waals surface area contributed by atoms with Crippen LogP contribution >= 0.6 is 39.9 Å². The fourth-order valence-corrected chi connectivity index (χ4v) is 3.35. The number of hydrogen-bond donors (Lipinski definition) is 2. The van der Waals surface area contributed by atoms with E-state index in [0.717, 1.165) is 29.7 Å². The molecule has 2 N–H and O–H groups in total. The molecule has 1 fully saturated rings. The van der Waals surface area contributed by atoms with Gasteiger partial charge in [0, 0.05) is 37.2 Å². The van der Waals surface area contributed by atoms with Crippen LogP contribution in [0.15, 0.2) is 27.7 Å². The molecule has 1 amide bonds. The van der Waals surface area contributed by atoms with Gasteiger partial charge in [-0.3, -0.25) is 4.99 Å². The van der Waals surface area contributed by atoms with Gasteiger partial charge in [-0.25, -0.2) is 9.18 Å². The van der Waals surface area contributed by atoms with Gasteiger partial charge in [0.1, 0.15) is 5.82 Å². The number of amides is 1. The first-order valence-corrected chi connectivity index (χ1v) is 10.2. The number of guanidine groups is 1. The van der Waals surface area contributed by atoms with Gasteiger partial charge in [-0.15, -0.1) is 24.0 Å². The second kappa shape index (κ2) is 13.2. The molecule has 0 bridgehead atoms. The van der Waals surface area contributed by atoms with Crippen molar-refractivity contribution in [2.24, 2.45) is 4.99 Å². The minimum absolute atomic E-state index is 0. The van der Waals surface area contributed by atoms with Crippen LogP contribution < -0.4 is 10.6 Å². The van der Waals surface area contributed by atoms with Gasteiger partial charge in [0.05, 0.1) is 6.61 Å². The lowest BCUT2D eigenvalue weighted by atomic mass is 10.1. The topological polar surface area (TPSA) is 66.0 Å². The van der Waals surface area contributed by atoms with E-state index in [1.165, 1.54) is 6.07 Å². The molecule has 0 atom stereocenters. The number of halogens is 3. The summed E-state index contributed by atoms with van der Waals surface area (Å²) < 4.78 is 19.6. The van der Waals surface area contributed by atoms with Crippen LogP contribution in [0, 0.1) is 5.82 Å². The molecule has 9 heteroatoms. The van der Waals surface area contributed by atoms with E-state index in [4.69, 9.17) is 4.74 Å². The number of ether oxygens (including phenoxy) is 1. The van der Waals surface area contributed by atoms with Crippen LogP contribution in [0.1, 0.15) is 31.7 Å². The molecule has 1 aliphatic heterocycles. The summed E-state index contributed by atoms with van der Waals surface area (Å²) >= 11 is 3.27. The van der Waals surface area contributed by atoms with E-state index in [2.05, 4.69) is 31.6 Å². The Bertz CT molecular complexity index is 655. The first kappa shape index (κ1) is 24.9. The van der Waals surface area contributed by atoms with Gasteiger partial charge in [-0.1, -0.05) is 22.0 Å². The van der Waals surface area contributed by atoms with Crippen molar-refractivity contribution in [3.63, 3.8) is 0 Å². The van der Waals surface area contributed by atoms with Gasteiger partial charge in [-0.2, -0.15) is 0 Å². The first-order valence-electron chi connectivity index (χ1n) is 9.36. The van der Waals surface area contributed by atoms with Crippen molar-refractivity contribution in [2.75, 3.05) is 33.3 Å². The smallest absolute Gasteiger partial charge is 0.409 e. The van der Waals surface area contributed by atoms with Crippen LogP contribution in [0.2, 0.25) is 0 Å². The number of likely N-dealkylation sites (tertiary alicyclic amines) is 1. The minimum Gasteiger partial charge on any atom is -0.450 e. The summed E-state index contributed by atoms with van der Waals surface area (Å²) in [5.41, 5.74) is 0.717. The van der Waals surface area contributed by atoms with E-state index in [-0.39, 0.29) is 41.9 Å². The van der Waals surface area contributed by atoms with Crippen LogP contribution in [-0.4, -0.2) is 56.3 Å². The summed E-state index contributed by atoms with van der Waals surface area (Å²) in [6.45, 7) is 4.27.